The fraction of sp³-hybridized carbons (Fsp3) is 0.450. The number of likely N-dealkylation sites (tertiary alicyclic amines) is 1. The Bertz CT molecular complexity index is 613. The van der Waals surface area contributed by atoms with Crippen LogP contribution < -0.4 is 0 Å². The van der Waals surface area contributed by atoms with E-state index in [1.54, 1.807) is 0 Å². The Morgan fingerprint density at radius 2 is 1.96 bits per heavy atom. The van der Waals surface area contributed by atoms with Crippen LogP contribution in [0.25, 0.3) is 11.3 Å². The molecule has 3 rings (SSSR count). The highest BCUT2D eigenvalue weighted by Crippen LogP contribution is 2.34. The van der Waals surface area contributed by atoms with Gasteiger partial charge in [0.05, 0.1) is 5.69 Å². The second-order valence-electron chi connectivity index (χ2n) is 6.70. The van der Waals surface area contributed by atoms with Crippen LogP contribution in [-0.2, 0) is 6.54 Å². The SMILES string of the molecule is CCC1(CO)CCN(Cc2cccc(-c3ccccn3)c2)CC1. The zero-order chi connectivity index (χ0) is 16.1. The average molecular weight is 310 g/mol. The maximum atomic E-state index is 9.65. The zero-order valence-electron chi connectivity index (χ0n) is 13.9. The first kappa shape index (κ1) is 16.2. The van der Waals surface area contributed by atoms with Crippen molar-refractivity contribution in [3.63, 3.8) is 0 Å². The monoisotopic (exact) mass is 310 g/mol. The van der Waals surface area contributed by atoms with Crippen molar-refractivity contribution in [1.82, 2.24) is 9.88 Å². The molecule has 0 bridgehead atoms. The maximum absolute atomic E-state index is 9.65. The second-order valence-corrected chi connectivity index (χ2v) is 6.70. The lowest BCUT2D eigenvalue weighted by molar-refractivity contribution is 0.0382. The number of benzene rings is 1. The van der Waals surface area contributed by atoms with Crippen LogP contribution in [0.3, 0.4) is 0 Å². The first-order valence-electron chi connectivity index (χ1n) is 8.58. The summed E-state index contributed by atoms with van der Waals surface area (Å²) in [4.78, 5) is 6.94. The van der Waals surface area contributed by atoms with Gasteiger partial charge in [-0.1, -0.05) is 31.2 Å². The van der Waals surface area contributed by atoms with Crippen LogP contribution in [-0.4, -0.2) is 34.7 Å². The van der Waals surface area contributed by atoms with Gasteiger partial charge in [0.2, 0.25) is 0 Å². The van der Waals surface area contributed by atoms with Crippen LogP contribution in [0.5, 0.6) is 0 Å². The Kier molecular flexibility index (Phi) is 5.09. The normalized spacial score (nSPS) is 18.0. The summed E-state index contributed by atoms with van der Waals surface area (Å²) in [6.45, 7) is 5.64. The van der Waals surface area contributed by atoms with E-state index < -0.39 is 0 Å². The van der Waals surface area contributed by atoms with Crippen molar-refractivity contribution in [2.45, 2.75) is 32.7 Å². The molecule has 1 saturated heterocycles. The van der Waals surface area contributed by atoms with Gasteiger partial charge < -0.3 is 5.11 Å². The molecule has 1 N–H and O–H groups in total. The van der Waals surface area contributed by atoms with Crippen molar-refractivity contribution in [3.05, 3.63) is 54.2 Å². The highest BCUT2D eigenvalue weighted by Gasteiger charge is 2.32. The smallest absolute Gasteiger partial charge is 0.0702 e. The molecule has 0 unspecified atom stereocenters. The summed E-state index contributed by atoms with van der Waals surface area (Å²) in [5.41, 5.74) is 3.70. The minimum Gasteiger partial charge on any atom is -0.396 e. The molecular formula is C20H26N2O. The molecule has 23 heavy (non-hydrogen) atoms. The Hall–Kier alpha value is -1.71. The quantitative estimate of drug-likeness (QED) is 0.914. The first-order valence-corrected chi connectivity index (χ1v) is 8.58. The van der Waals surface area contributed by atoms with Crippen molar-refractivity contribution in [3.8, 4) is 11.3 Å². The molecule has 0 amide bonds. The fourth-order valence-electron chi connectivity index (χ4n) is 3.43. The topological polar surface area (TPSA) is 36.4 Å². The standard InChI is InChI=1S/C20H26N2O/c1-2-20(16-23)9-12-22(13-10-20)15-17-6-5-7-18(14-17)19-8-3-4-11-21-19/h3-8,11,14,23H,2,9-10,12-13,15-16H2,1H3. The predicted octanol–water partition coefficient (Wildman–Crippen LogP) is 3.73. The largest absolute Gasteiger partial charge is 0.396 e. The van der Waals surface area contributed by atoms with Gasteiger partial charge in [-0.25, -0.2) is 0 Å². The van der Waals surface area contributed by atoms with E-state index in [4.69, 9.17) is 0 Å². The highest BCUT2D eigenvalue weighted by molar-refractivity contribution is 5.59. The summed E-state index contributed by atoms with van der Waals surface area (Å²) in [5, 5.41) is 9.65. The number of rotatable bonds is 5. The summed E-state index contributed by atoms with van der Waals surface area (Å²) >= 11 is 0. The molecular weight excluding hydrogens is 284 g/mol. The molecule has 1 aromatic carbocycles. The fourth-order valence-corrected chi connectivity index (χ4v) is 3.43. The Morgan fingerprint density at radius 1 is 1.13 bits per heavy atom. The van der Waals surface area contributed by atoms with Crippen molar-refractivity contribution < 1.29 is 5.11 Å². The molecule has 0 saturated carbocycles. The Labute approximate surface area is 139 Å². The molecule has 3 heteroatoms. The van der Waals surface area contributed by atoms with Crippen molar-refractivity contribution in [1.29, 1.82) is 0 Å². The van der Waals surface area contributed by atoms with Gasteiger partial charge in [-0.15, -0.1) is 0 Å². The Morgan fingerprint density at radius 3 is 2.61 bits per heavy atom. The van der Waals surface area contributed by atoms with Crippen LogP contribution >= 0.6 is 0 Å². The second kappa shape index (κ2) is 7.24. The third-order valence-electron chi connectivity index (χ3n) is 5.30. The lowest BCUT2D eigenvalue weighted by atomic mass is 9.77. The summed E-state index contributed by atoms with van der Waals surface area (Å²) in [7, 11) is 0. The molecule has 0 aliphatic carbocycles. The van der Waals surface area contributed by atoms with E-state index in [0.717, 1.165) is 44.6 Å². The number of hydrogen-bond acceptors (Lipinski definition) is 3. The third kappa shape index (κ3) is 3.80. The molecule has 0 atom stereocenters. The summed E-state index contributed by atoms with van der Waals surface area (Å²) < 4.78 is 0. The molecule has 2 aromatic rings. The van der Waals surface area contributed by atoms with Crippen molar-refractivity contribution >= 4 is 0 Å². The van der Waals surface area contributed by atoms with Gasteiger partial charge in [-0.3, -0.25) is 9.88 Å². The van der Waals surface area contributed by atoms with Gasteiger partial charge in [0.15, 0.2) is 0 Å². The van der Waals surface area contributed by atoms with E-state index >= 15 is 0 Å². The number of aromatic nitrogens is 1. The van der Waals surface area contributed by atoms with Crippen molar-refractivity contribution in [2.75, 3.05) is 19.7 Å². The van der Waals surface area contributed by atoms with E-state index in [0.29, 0.717) is 6.61 Å². The van der Waals surface area contributed by atoms with Crippen LogP contribution in [0.2, 0.25) is 0 Å². The molecule has 3 nitrogen and oxygen atoms in total. The lowest BCUT2D eigenvalue weighted by Crippen LogP contribution is -2.41. The van der Waals surface area contributed by atoms with Gasteiger partial charge in [0, 0.05) is 24.9 Å². The number of piperidine rings is 1. The molecule has 0 spiro atoms. The molecule has 1 aliphatic rings. The third-order valence-corrected chi connectivity index (χ3v) is 5.30. The first-order chi connectivity index (χ1) is 11.2. The summed E-state index contributed by atoms with van der Waals surface area (Å²) in [6.07, 6.45) is 5.11. The van der Waals surface area contributed by atoms with E-state index in [2.05, 4.69) is 47.1 Å². The molecule has 1 fully saturated rings. The van der Waals surface area contributed by atoms with Gasteiger partial charge >= 0.3 is 0 Å². The van der Waals surface area contributed by atoms with Crippen LogP contribution in [0.15, 0.2) is 48.7 Å². The highest BCUT2D eigenvalue weighted by atomic mass is 16.3. The average Bonchev–Trinajstić information content (AvgIpc) is 2.64. The minimum absolute atomic E-state index is 0.159. The van der Waals surface area contributed by atoms with Crippen LogP contribution in [0.1, 0.15) is 31.7 Å². The molecule has 1 aliphatic heterocycles. The summed E-state index contributed by atoms with van der Waals surface area (Å²) in [6, 6.07) is 14.7. The molecule has 2 heterocycles. The Balaban J connectivity index is 1.66. The predicted molar refractivity (Wildman–Crippen MR) is 94.0 cm³/mol. The maximum Gasteiger partial charge on any atom is 0.0702 e. The van der Waals surface area contributed by atoms with E-state index in [1.165, 1.54) is 11.1 Å². The van der Waals surface area contributed by atoms with Crippen molar-refractivity contribution in [2.24, 2.45) is 5.41 Å². The van der Waals surface area contributed by atoms with E-state index in [9.17, 15) is 5.11 Å². The van der Waals surface area contributed by atoms with Crippen LogP contribution in [0, 0.1) is 5.41 Å². The number of aliphatic hydroxyl groups excluding tert-OH is 1. The number of pyridine rings is 1. The number of hydrogen-bond donors (Lipinski definition) is 1. The van der Waals surface area contributed by atoms with Crippen LogP contribution in [0.4, 0.5) is 0 Å². The van der Waals surface area contributed by atoms with Gasteiger partial charge in [0.25, 0.3) is 0 Å². The molecule has 0 radical (unpaired) electrons. The van der Waals surface area contributed by atoms with Gasteiger partial charge in [-0.05, 0) is 61.5 Å². The number of aliphatic hydroxyl groups is 1. The summed E-state index contributed by atoms with van der Waals surface area (Å²) in [5.74, 6) is 0. The zero-order valence-corrected chi connectivity index (χ0v) is 13.9. The molecule has 122 valence electrons. The van der Waals surface area contributed by atoms with E-state index in [-0.39, 0.29) is 5.41 Å². The minimum atomic E-state index is 0.159. The lowest BCUT2D eigenvalue weighted by Gasteiger charge is -2.40. The van der Waals surface area contributed by atoms with E-state index in [1.807, 2.05) is 18.3 Å². The number of nitrogens with zero attached hydrogens (tertiary/aromatic N) is 2. The van der Waals surface area contributed by atoms with Gasteiger partial charge in [0.1, 0.15) is 0 Å². The molecule has 1 aromatic heterocycles. The van der Waals surface area contributed by atoms with Gasteiger partial charge in [-0.2, -0.15) is 0 Å².